The van der Waals surface area contributed by atoms with E-state index in [1.165, 1.54) is 0 Å². The number of ether oxygens (including phenoxy) is 1. The zero-order valence-electron chi connectivity index (χ0n) is 12.6. The quantitative estimate of drug-likeness (QED) is 0.535. The topological polar surface area (TPSA) is 62.7 Å². The van der Waals surface area contributed by atoms with Crippen LogP contribution < -0.4 is 15.5 Å². The van der Waals surface area contributed by atoms with Crippen molar-refractivity contribution in [1.29, 1.82) is 0 Å². The third kappa shape index (κ3) is 4.80. The average molecular weight is 441 g/mol. The van der Waals surface area contributed by atoms with Gasteiger partial charge in [0, 0.05) is 5.69 Å². The van der Waals surface area contributed by atoms with Crippen molar-refractivity contribution in [1.82, 2.24) is 5.43 Å². The summed E-state index contributed by atoms with van der Waals surface area (Å²) in [4.78, 5) is 11.8. The van der Waals surface area contributed by atoms with Crippen LogP contribution in [-0.2, 0) is 0 Å². The van der Waals surface area contributed by atoms with E-state index in [4.69, 9.17) is 4.74 Å². The second kappa shape index (κ2) is 8.12. The van der Waals surface area contributed by atoms with E-state index >= 15 is 0 Å². The Bertz CT molecular complexity index is 725. The summed E-state index contributed by atoms with van der Waals surface area (Å²) in [6.45, 7) is 1.92. The van der Waals surface area contributed by atoms with Gasteiger partial charge < -0.3 is 10.1 Å². The Morgan fingerprint density at radius 3 is 2.48 bits per heavy atom. The molecule has 0 saturated carbocycles. The van der Waals surface area contributed by atoms with Gasteiger partial charge in [-0.15, -0.1) is 0 Å². The molecule has 0 radical (unpaired) electrons. The molecule has 2 aromatic rings. The molecular formula is C16H15Br2N3O2. The largest absolute Gasteiger partial charge is 0.494 e. The smallest absolute Gasteiger partial charge is 0.339 e. The molecule has 0 aliphatic heterocycles. The van der Waals surface area contributed by atoms with Gasteiger partial charge in [0.15, 0.2) is 0 Å². The third-order valence-corrected chi connectivity index (χ3v) is 4.18. The Morgan fingerprint density at radius 2 is 1.87 bits per heavy atom. The number of nitrogens with zero attached hydrogens (tertiary/aromatic N) is 1. The number of amides is 2. The van der Waals surface area contributed by atoms with E-state index in [2.05, 4.69) is 47.7 Å². The van der Waals surface area contributed by atoms with Crippen LogP contribution in [0.15, 0.2) is 50.4 Å². The molecule has 2 N–H and O–H groups in total. The van der Waals surface area contributed by atoms with Gasteiger partial charge in [0.1, 0.15) is 5.75 Å². The van der Waals surface area contributed by atoms with E-state index in [0.29, 0.717) is 5.75 Å². The molecule has 0 saturated heterocycles. The minimum atomic E-state index is -0.401. The monoisotopic (exact) mass is 439 g/mol. The number of aryl methyl sites for hydroxylation is 1. The van der Waals surface area contributed by atoms with E-state index in [0.717, 1.165) is 25.8 Å². The summed E-state index contributed by atoms with van der Waals surface area (Å²) in [6.07, 6.45) is 1.55. The van der Waals surface area contributed by atoms with Crippen molar-refractivity contribution in [3.63, 3.8) is 0 Å². The van der Waals surface area contributed by atoms with E-state index in [1.807, 2.05) is 43.3 Å². The van der Waals surface area contributed by atoms with Gasteiger partial charge in [-0.25, -0.2) is 10.2 Å². The molecule has 0 heterocycles. The number of para-hydroxylation sites is 1. The summed E-state index contributed by atoms with van der Waals surface area (Å²) >= 11 is 6.83. The Labute approximate surface area is 151 Å². The maximum Gasteiger partial charge on any atom is 0.339 e. The lowest BCUT2D eigenvalue weighted by molar-refractivity contribution is 0.252. The van der Waals surface area contributed by atoms with E-state index < -0.39 is 6.03 Å². The molecule has 23 heavy (non-hydrogen) atoms. The number of urea groups is 1. The number of anilines is 1. The van der Waals surface area contributed by atoms with Crippen molar-refractivity contribution in [3.8, 4) is 5.75 Å². The second-order valence-corrected chi connectivity index (χ2v) is 6.37. The first kappa shape index (κ1) is 17.5. The molecule has 0 bridgehead atoms. The van der Waals surface area contributed by atoms with Gasteiger partial charge in [-0.2, -0.15) is 5.10 Å². The molecule has 0 aliphatic rings. The lowest BCUT2D eigenvalue weighted by atomic mass is 10.2. The third-order valence-electron chi connectivity index (χ3n) is 3.00. The Morgan fingerprint density at radius 1 is 1.22 bits per heavy atom. The predicted molar refractivity (Wildman–Crippen MR) is 99.3 cm³/mol. The number of hydrazone groups is 1. The summed E-state index contributed by atoms with van der Waals surface area (Å²) in [5, 5.41) is 6.67. The molecule has 2 amide bonds. The highest BCUT2D eigenvalue weighted by Crippen LogP contribution is 2.33. The number of methoxy groups -OCH3 is 1. The molecule has 2 rings (SSSR count). The molecule has 0 aliphatic carbocycles. The highest BCUT2D eigenvalue weighted by atomic mass is 79.9. The van der Waals surface area contributed by atoms with E-state index in [9.17, 15) is 4.79 Å². The van der Waals surface area contributed by atoms with Gasteiger partial charge in [-0.05, 0) is 68.1 Å². The molecule has 0 unspecified atom stereocenters. The number of hydrogen-bond acceptors (Lipinski definition) is 3. The zero-order valence-corrected chi connectivity index (χ0v) is 15.7. The maximum atomic E-state index is 11.8. The van der Waals surface area contributed by atoms with E-state index in [1.54, 1.807) is 13.3 Å². The molecule has 120 valence electrons. The normalized spacial score (nSPS) is 10.6. The zero-order chi connectivity index (χ0) is 16.8. The van der Waals surface area contributed by atoms with Crippen molar-refractivity contribution < 1.29 is 9.53 Å². The van der Waals surface area contributed by atoms with Gasteiger partial charge in [-0.3, -0.25) is 0 Å². The van der Waals surface area contributed by atoms with Crippen molar-refractivity contribution in [2.24, 2.45) is 5.10 Å². The molecule has 0 atom stereocenters. The molecule has 5 nitrogen and oxygen atoms in total. The van der Waals surface area contributed by atoms with Gasteiger partial charge in [0.2, 0.25) is 0 Å². The van der Waals surface area contributed by atoms with Gasteiger partial charge >= 0.3 is 6.03 Å². The highest BCUT2D eigenvalue weighted by Gasteiger charge is 2.07. The van der Waals surface area contributed by atoms with Crippen LogP contribution in [0.3, 0.4) is 0 Å². The number of benzene rings is 2. The van der Waals surface area contributed by atoms with Crippen LogP contribution in [0.25, 0.3) is 0 Å². The van der Waals surface area contributed by atoms with Gasteiger partial charge in [-0.1, -0.05) is 18.2 Å². The number of hydrogen-bond donors (Lipinski definition) is 2. The molecule has 7 heteroatoms. The summed E-state index contributed by atoms with van der Waals surface area (Å²) in [5.41, 5.74) is 4.96. The number of nitrogens with one attached hydrogen (secondary N) is 2. The predicted octanol–water partition coefficient (Wildman–Crippen LogP) is 4.68. The first-order valence-electron chi connectivity index (χ1n) is 6.70. The Balaban J connectivity index is 1.99. The van der Waals surface area contributed by atoms with Crippen LogP contribution in [0.5, 0.6) is 5.75 Å². The summed E-state index contributed by atoms with van der Waals surface area (Å²) < 4.78 is 6.82. The fraction of sp³-hybridized carbons (Fsp3) is 0.125. The summed E-state index contributed by atoms with van der Waals surface area (Å²) in [6, 6.07) is 10.8. The fourth-order valence-electron chi connectivity index (χ4n) is 1.88. The maximum absolute atomic E-state index is 11.8. The minimum Gasteiger partial charge on any atom is -0.494 e. The number of carbonyl (C=O) groups is 1. The van der Waals surface area contributed by atoms with Crippen LogP contribution in [0.2, 0.25) is 0 Å². The molecule has 2 aromatic carbocycles. The van der Waals surface area contributed by atoms with E-state index in [-0.39, 0.29) is 0 Å². The number of rotatable bonds is 4. The van der Waals surface area contributed by atoms with Crippen LogP contribution in [0, 0.1) is 6.92 Å². The standard InChI is InChI=1S/C16H15Br2N3O2/c1-10-5-3-4-6-14(10)20-16(22)21-19-9-11-7-12(17)15(23-2)13(18)8-11/h3-9H,1-2H3,(H2,20,21,22). The molecule has 0 aromatic heterocycles. The molecular weight excluding hydrogens is 426 g/mol. The van der Waals surface area contributed by atoms with Crippen molar-refractivity contribution in [3.05, 3.63) is 56.5 Å². The van der Waals surface area contributed by atoms with Crippen molar-refractivity contribution in [2.75, 3.05) is 12.4 Å². The average Bonchev–Trinajstić information content (AvgIpc) is 2.49. The number of carbonyl (C=O) groups excluding carboxylic acids is 1. The fourth-order valence-corrected chi connectivity index (χ4v) is 3.42. The SMILES string of the molecule is COc1c(Br)cc(C=NNC(=O)Nc2ccccc2C)cc1Br. The van der Waals surface area contributed by atoms with Crippen LogP contribution in [0.1, 0.15) is 11.1 Å². The molecule has 0 spiro atoms. The first-order chi connectivity index (χ1) is 11.0. The minimum absolute atomic E-state index is 0.401. The lowest BCUT2D eigenvalue weighted by Crippen LogP contribution is -2.24. The lowest BCUT2D eigenvalue weighted by Gasteiger charge is -2.08. The van der Waals surface area contributed by atoms with Crippen LogP contribution in [-0.4, -0.2) is 19.4 Å². The highest BCUT2D eigenvalue weighted by molar-refractivity contribution is 9.11. The first-order valence-corrected chi connectivity index (χ1v) is 8.28. The van der Waals surface area contributed by atoms with Crippen molar-refractivity contribution >= 4 is 49.8 Å². The number of halogens is 2. The second-order valence-electron chi connectivity index (χ2n) is 4.66. The summed E-state index contributed by atoms with van der Waals surface area (Å²) in [7, 11) is 1.59. The molecule has 0 fully saturated rings. The summed E-state index contributed by atoms with van der Waals surface area (Å²) in [5.74, 6) is 0.701. The Kier molecular flexibility index (Phi) is 6.18. The Hall–Kier alpha value is -1.86. The van der Waals surface area contributed by atoms with Gasteiger partial charge in [0.05, 0.1) is 22.3 Å². The van der Waals surface area contributed by atoms with Crippen LogP contribution >= 0.6 is 31.9 Å². The van der Waals surface area contributed by atoms with Crippen LogP contribution in [0.4, 0.5) is 10.5 Å². The van der Waals surface area contributed by atoms with Crippen molar-refractivity contribution in [2.45, 2.75) is 6.92 Å². The van der Waals surface area contributed by atoms with Gasteiger partial charge in [0.25, 0.3) is 0 Å².